The third-order valence-corrected chi connectivity index (χ3v) is 4.56. The predicted molar refractivity (Wildman–Crippen MR) is 86.8 cm³/mol. The summed E-state index contributed by atoms with van der Waals surface area (Å²) in [5.41, 5.74) is 3.84. The summed E-state index contributed by atoms with van der Waals surface area (Å²) in [4.78, 5) is 13.7. The molecular formula is C15H17IN2O2. The zero-order chi connectivity index (χ0) is 14.3. The van der Waals surface area contributed by atoms with Crippen LogP contribution in [0.15, 0.2) is 18.2 Å². The quantitative estimate of drug-likeness (QED) is 0.708. The summed E-state index contributed by atoms with van der Waals surface area (Å²) < 4.78 is 8.59. The summed E-state index contributed by atoms with van der Waals surface area (Å²) in [6.07, 6.45) is 0.677. The largest absolute Gasteiger partial charge is 0.450 e. The minimum Gasteiger partial charge on any atom is -0.450 e. The van der Waals surface area contributed by atoms with E-state index in [-0.39, 0.29) is 6.09 Å². The van der Waals surface area contributed by atoms with Gasteiger partial charge in [-0.2, -0.15) is 0 Å². The summed E-state index contributed by atoms with van der Waals surface area (Å²) in [6, 6.07) is 6.48. The molecule has 3 rings (SSSR count). The highest BCUT2D eigenvalue weighted by Gasteiger charge is 2.26. The molecule has 1 amide bonds. The van der Waals surface area contributed by atoms with Crippen LogP contribution in [0.5, 0.6) is 0 Å². The topological polar surface area (TPSA) is 34.5 Å². The lowest BCUT2D eigenvalue weighted by Crippen LogP contribution is -2.36. The van der Waals surface area contributed by atoms with Gasteiger partial charge >= 0.3 is 6.09 Å². The van der Waals surface area contributed by atoms with E-state index in [9.17, 15) is 4.79 Å². The lowest BCUT2D eigenvalue weighted by atomic mass is 10.1. The van der Waals surface area contributed by atoms with Crippen LogP contribution in [0.2, 0.25) is 0 Å². The molecule has 1 aliphatic heterocycles. The van der Waals surface area contributed by atoms with Crippen molar-refractivity contribution in [1.82, 2.24) is 9.47 Å². The van der Waals surface area contributed by atoms with Crippen LogP contribution >= 0.6 is 22.6 Å². The summed E-state index contributed by atoms with van der Waals surface area (Å²) >= 11 is 2.33. The fourth-order valence-electron chi connectivity index (χ4n) is 2.92. The minimum atomic E-state index is -0.208. The number of benzene rings is 1. The van der Waals surface area contributed by atoms with Crippen molar-refractivity contribution in [1.29, 1.82) is 0 Å². The molecule has 2 heterocycles. The van der Waals surface area contributed by atoms with E-state index < -0.39 is 0 Å². The number of nitrogens with zero attached hydrogens (tertiary/aromatic N) is 2. The van der Waals surface area contributed by atoms with Crippen LogP contribution in [-0.2, 0) is 24.8 Å². The van der Waals surface area contributed by atoms with Crippen molar-refractivity contribution in [2.24, 2.45) is 7.05 Å². The zero-order valence-corrected chi connectivity index (χ0v) is 13.8. The lowest BCUT2D eigenvalue weighted by molar-refractivity contribution is 0.102. The van der Waals surface area contributed by atoms with Gasteiger partial charge < -0.3 is 14.2 Å². The lowest BCUT2D eigenvalue weighted by Gasteiger charge is -2.27. The molecule has 0 saturated carbocycles. The van der Waals surface area contributed by atoms with Crippen molar-refractivity contribution in [2.75, 3.05) is 13.2 Å². The van der Waals surface area contributed by atoms with Gasteiger partial charge in [-0.3, -0.25) is 0 Å². The summed E-state index contributed by atoms with van der Waals surface area (Å²) in [6.45, 7) is 3.64. The van der Waals surface area contributed by atoms with Crippen LogP contribution in [0.4, 0.5) is 4.79 Å². The molecule has 1 aliphatic rings. The van der Waals surface area contributed by atoms with Gasteiger partial charge in [0.25, 0.3) is 0 Å². The number of amides is 1. The Hall–Kier alpha value is -1.24. The monoisotopic (exact) mass is 384 g/mol. The number of aromatic nitrogens is 1. The number of hydrogen-bond acceptors (Lipinski definition) is 2. The first-order valence-electron chi connectivity index (χ1n) is 6.79. The van der Waals surface area contributed by atoms with Crippen LogP contribution in [0.25, 0.3) is 10.9 Å². The zero-order valence-electron chi connectivity index (χ0n) is 11.6. The Balaban J connectivity index is 2.04. The van der Waals surface area contributed by atoms with Crippen molar-refractivity contribution < 1.29 is 9.53 Å². The van der Waals surface area contributed by atoms with E-state index in [4.69, 9.17) is 4.74 Å². The highest BCUT2D eigenvalue weighted by molar-refractivity contribution is 14.1. The van der Waals surface area contributed by atoms with Crippen LogP contribution < -0.4 is 0 Å². The van der Waals surface area contributed by atoms with E-state index >= 15 is 0 Å². The van der Waals surface area contributed by atoms with Gasteiger partial charge in [0, 0.05) is 45.7 Å². The third kappa shape index (κ3) is 2.17. The average molecular weight is 384 g/mol. The van der Waals surface area contributed by atoms with E-state index in [1.165, 1.54) is 25.7 Å². The first-order valence-corrected chi connectivity index (χ1v) is 7.87. The summed E-state index contributed by atoms with van der Waals surface area (Å²) in [5, 5.41) is 1.25. The predicted octanol–water partition coefficient (Wildman–Crippen LogP) is 3.30. The van der Waals surface area contributed by atoms with Crippen LogP contribution in [0, 0.1) is 3.57 Å². The maximum Gasteiger partial charge on any atom is 0.410 e. The maximum atomic E-state index is 11.9. The Kier molecular flexibility index (Phi) is 3.62. The molecule has 0 radical (unpaired) electrons. The van der Waals surface area contributed by atoms with Crippen molar-refractivity contribution in [3.8, 4) is 0 Å². The number of aryl methyl sites for hydroxylation is 1. The Morgan fingerprint density at radius 2 is 2.25 bits per heavy atom. The van der Waals surface area contributed by atoms with Gasteiger partial charge in [0.2, 0.25) is 0 Å². The first-order chi connectivity index (χ1) is 9.61. The molecule has 0 spiro atoms. The fourth-order valence-corrected chi connectivity index (χ4v) is 3.41. The molecule has 0 fully saturated rings. The van der Waals surface area contributed by atoms with Crippen LogP contribution in [-0.4, -0.2) is 28.7 Å². The second-order valence-electron chi connectivity index (χ2n) is 5.02. The molecule has 20 heavy (non-hydrogen) atoms. The summed E-state index contributed by atoms with van der Waals surface area (Å²) in [5.74, 6) is 0. The maximum absolute atomic E-state index is 11.9. The normalized spacial score (nSPS) is 14.4. The van der Waals surface area contributed by atoms with Crippen LogP contribution in [0.1, 0.15) is 18.2 Å². The van der Waals surface area contributed by atoms with E-state index in [1.807, 2.05) is 6.92 Å². The minimum absolute atomic E-state index is 0.208. The van der Waals surface area contributed by atoms with E-state index in [1.54, 1.807) is 4.90 Å². The molecule has 4 nitrogen and oxygen atoms in total. The van der Waals surface area contributed by atoms with E-state index in [2.05, 4.69) is 52.4 Å². The van der Waals surface area contributed by atoms with Gasteiger partial charge in [0.05, 0.1) is 13.2 Å². The molecule has 2 aromatic rings. The van der Waals surface area contributed by atoms with Crippen molar-refractivity contribution in [2.45, 2.75) is 19.9 Å². The molecule has 0 unspecified atom stereocenters. The third-order valence-electron chi connectivity index (χ3n) is 3.89. The number of hydrogen-bond donors (Lipinski definition) is 0. The van der Waals surface area contributed by atoms with Gasteiger partial charge in [-0.25, -0.2) is 4.79 Å². The number of halogens is 1. The molecule has 5 heteroatoms. The number of carbonyl (C=O) groups is 1. The van der Waals surface area contributed by atoms with Gasteiger partial charge in [-0.05, 0) is 47.7 Å². The van der Waals surface area contributed by atoms with Gasteiger partial charge in [0.15, 0.2) is 0 Å². The number of carbonyl (C=O) groups excluding carboxylic acids is 1. The second-order valence-corrected chi connectivity index (χ2v) is 6.26. The average Bonchev–Trinajstić information content (AvgIpc) is 2.72. The van der Waals surface area contributed by atoms with E-state index in [0.717, 1.165) is 13.0 Å². The Morgan fingerprint density at radius 3 is 3.00 bits per heavy atom. The van der Waals surface area contributed by atoms with Crippen molar-refractivity contribution >= 4 is 39.6 Å². The molecule has 0 bridgehead atoms. The highest BCUT2D eigenvalue weighted by atomic mass is 127. The summed E-state index contributed by atoms with van der Waals surface area (Å²) in [7, 11) is 2.11. The Morgan fingerprint density at radius 1 is 1.45 bits per heavy atom. The molecule has 1 aromatic carbocycles. The Bertz CT molecular complexity index is 678. The smallest absolute Gasteiger partial charge is 0.410 e. The fraction of sp³-hybridized carbons (Fsp3) is 0.400. The van der Waals surface area contributed by atoms with Gasteiger partial charge in [-0.15, -0.1) is 0 Å². The van der Waals surface area contributed by atoms with Crippen molar-refractivity contribution in [3.63, 3.8) is 0 Å². The molecule has 0 atom stereocenters. The van der Waals surface area contributed by atoms with Crippen LogP contribution in [0.3, 0.4) is 0 Å². The molecule has 0 aliphatic carbocycles. The molecule has 106 valence electrons. The highest BCUT2D eigenvalue weighted by Crippen LogP contribution is 2.31. The van der Waals surface area contributed by atoms with Crippen molar-refractivity contribution in [3.05, 3.63) is 33.0 Å². The Labute approximate surface area is 131 Å². The number of fused-ring (bicyclic) bond motifs is 3. The first kappa shape index (κ1) is 13.7. The standard InChI is InChI=1S/C15H17IN2O2/c1-3-20-15(19)18-7-6-14-12(9-18)11-8-10(16)4-5-13(11)17(14)2/h4-5,8H,3,6-7,9H2,1-2H3. The number of rotatable bonds is 1. The van der Waals surface area contributed by atoms with Gasteiger partial charge in [-0.1, -0.05) is 0 Å². The van der Waals surface area contributed by atoms with Gasteiger partial charge in [0.1, 0.15) is 0 Å². The second kappa shape index (κ2) is 5.27. The SMILES string of the molecule is CCOC(=O)N1CCc2c(c3cc(I)ccc3n2C)C1. The molecule has 1 aromatic heterocycles. The number of ether oxygens (including phenoxy) is 1. The van der Waals surface area contributed by atoms with E-state index in [0.29, 0.717) is 13.2 Å². The molecule has 0 N–H and O–H groups in total. The molecular weight excluding hydrogens is 367 g/mol. The molecule has 0 saturated heterocycles.